The number of aryl methyl sites for hydroxylation is 1. The van der Waals surface area contributed by atoms with Crippen molar-refractivity contribution >= 4 is 28.4 Å². The molecule has 0 amide bonds. The van der Waals surface area contributed by atoms with E-state index in [4.69, 9.17) is 16.3 Å². The molecule has 0 bridgehead atoms. The molecule has 4 aromatic rings. The minimum absolute atomic E-state index is 0.0390. The van der Waals surface area contributed by atoms with Gasteiger partial charge in [0, 0.05) is 11.6 Å². The number of hydrogen-bond acceptors (Lipinski definition) is 6. The molecule has 3 aromatic heterocycles. The number of fused-ring (bicyclic) bond motifs is 3. The molecule has 4 heterocycles. The van der Waals surface area contributed by atoms with Crippen LogP contribution in [-0.2, 0) is 11.3 Å². The Bertz CT molecular complexity index is 1240. The summed E-state index contributed by atoms with van der Waals surface area (Å²) in [6.07, 6.45) is 3.53. The van der Waals surface area contributed by atoms with E-state index < -0.39 is 0 Å². The minimum Gasteiger partial charge on any atom is -0.376 e. The molecule has 5 rings (SSSR count). The van der Waals surface area contributed by atoms with Crippen LogP contribution < -0.4 is 5.56 Å². The van der Waals surface area contributed by atoms with Gasteiger partial charge in [0.15, 0.2) is 16.8 Å². The molecular formula is C19H17ClN6O2. The van der Waals surface area contributed by atoms with Crippen LogP contribution in [0.5, 0.6) is 0 Å². The predicted molar refractivity (Wildman–Crippen MR) is 104 cm³/mol. The van der Waals surface area contributed by atoms with E-state index in [1.54, 1.807) is 4.52 Å². The molecule has 1 aliphatic heterocycles. The van der Waals surface area contributed by atoms with Gasteiger partial charge in [-0.15, -0.1) is 10.2 Å². The van der Waals surface area contributed by atoms with Crippen LogP contribution >= 0.6 is 11.6 Å². The molecule has 1 fully saturated rings. The molecular weight excluding hydrogens is 380 g/mol. The lowest BCUT2D eigenvalue weighted by Gasteiger charge is -2.11. The second-order valence-electron chi connectivity index (χ2n) is 6.91. The molecule has 0 saturated carbocycles. The third-order valence-corrected chi connectivity index (χ3v) is 5.29. The Labute approximate surface area is 164 Å². The Hall–Kier alpha value is -2.84. The third-order valence-electron chi connectivity index (χ3n) is 5.03. The van der Waals surface area contributed by atoms with Crippen molar-refractivity contribution in [3.05, 3.63) is 51.7 Å². The second-order valence-corrected chi connectivity index (χ2v) is 7.35. The van der Waals surface area contributed by atoms with Crippen LogP contribution in [0.25, 0.3) is 27.9 Å². The summed E-state index contributed by atoms with van der Waals surface area (Å²) in [6.45, 7) is 3.10. The summed E-state index contributed by atoms with van der Waals surface area (Å²) in [6, 6.07) is 7.45. The van der Waals surface area contributed by atoms with Crippen molar-refractivity contribution in [2.24, 2.45) is 0 Å². The molecule has 28 heavy (non-hydrogen) atoms. The summed E-state index contributed by atoms with van der Waals surface area (Å²) in [4.78, 5) is 17.3. The molecule has 1 aromatic carbocycles. The Balaban J connectivity index is 1.66. The van der Waals surface area contributed by atoms with Gasteiger partial charge < -0.3 is 4.74 Å². The van der Waals surface area contributed by atoms with Gasteiger partial charge >= 0.3 is 0 Å². The molecule has 142 valence electrons. The number of rotatable bonds is 3. The fourth-order valence-electron chi connectivity index (χ4n) is 3.66. The standard InChI is InChI=1S/C19H17ClN6O2/c1-11-15(12-4-6-13(20)7-5-12)17-23-22-16-18(26(17)24-11)21-10-25(19(16)27)9-14-3-2-8-28-14/h4-7,10,14H,2-3,8-9H2,1H3. The van der Waals surface area contributed by atoms with Gasteiger partial charge in [-0.2, -0.15) is 9.61 Å². The number of halogens is 1. The second kappa shape index (κ2) is 6.65. The lowest BCUT2D eigenvalue weighted by atomic mass is 10.1. The van der Waals surface area contributed by atoms with Gasteiger partial charge in [-0.3, -0.25) is 9.36 Å². The van der Waals surface area contributed by atoms with E-state index in [9.17, 15) is 4.79 Å². The number of ether oxygens (including phenoxy) is 1. The maximum absolute atomic E-state index is 12.9. The minimum atomic E-state index is -0.240. The van der Waals surface area contributed by atoms with Gasteiger partial charge in [-0.1, -0.05) is 23.7 Å². The first-order chi connectivity index (χ1) is 13.6. The average Bonchev–Trinajstić information content (AvgIpc) is 3.32. The quantitative estimate of drug-likeness (QED) is 0.529. The van der Waals surface area contributed by atoms with E-state index in [1.165, 1.54) is 10.9 Å². The van der Waals surface area contributed by atoms with E-state index in [0.717, 1.165) is 36.3 Å². The molecule has 1 saturated heterocycles. The van der Waals surface area contributed by atoms with Gasteiger partial charge in [-0.25, -0.2) is 4.98 Å². The predicted octanol–water partition coefficient (Wildman–Crippen LogP) is 2.64. The van der Waals surface area contributed by atoms with Crippen molar-refractivity contribution in [1.82, 2.24) is 29.4 Å². The fraction of sp³-hybridized carbons (Fsp3) is 0.316. The highest BCUT2D eigenvalue weighted by molar-refractivity contribution is 6.30. The molecule has 1 aliphatic rings. The van der Waals surface area contributed by atoms with Gasteiger partial charge in [0.2, 0.25) is 0 Å². The summed E-state index contributed by atoms with van der Waals surface area (Å²) in [5.41, 5.74) is 3.44. The normalized spacial score (nSPS) is 17.0. The van der Waals surface area contributed by atoms with Crippen LogP contribution in [0.2, 0.25) is 5.02 Å². The van der Waals surface area contributed by atoms with Crippen LogP contribution in [-0.4, -0.2) is 42.1 Å². The Morgan fingerprint density at radius 2 is 2.04 bits per heavy atom. The lowest BCUT2D eigenvalue weighted by Crippen LogP contribution is -2.28. The van der Waals surface area contributed by atoms with Crippen molar-refractivity contribution in [1.29, 1.82) is 0 Å². The molecule has 0 N–H and O–H groups in total. The van der Waals surface area contributed by atoms with Crippen LogP contribution in [0, 0.1) is 6.92 Å². The number of aromatic nitrogens is 6. The zero-order valence-electron chi connectivity index (χ0n) is 15.2. The Morgan fingerprint density at radius 3 is 2.79 bits per heavy atom. The van der Waals surface area contributed by atoms with E-state index in [1.807, 2.05) is 31.2 Å². The van der Waals surface area contributed by atoms with Gasteiger partial charge in [0.05, 0.1) is 23.9 Å². The number of hydrogen-bond donors (Lipinski definition) is 0. The van der Waals surface area contributed by atoms with Crippen LogP contribution in [0.4, 0.5) is 0 Å². The summed E-state index contributed by atoms with van der Waals surface area (Å²) < 4.78 is 8.74. The molecule has 1 unspecified atom stereocenters. The highest BCUT2D eigenvalue weighted by Crippen LogP contribution is 2.28. The zero-order valence-corrected chi connectivity index (χ0v) is 15.9. The highest BCUT2D eigenvalue weighted by Gasteiger charge is 2.20. The van der Waals surface area contributed by atoms with Gasteiger partial charge in [0.25, 0.3) is 5.56 Å². The summed E-state index contributed by atoms with van der Waals surface area (Å²) in [7, 11) is 0. The van der Waals surface area contributed by atoms with Crippen LogP contribution in [0.15, 0.2) is 35.4 Å². The number of benzene rings is 1. The van der Waals surface area contributed by atoms with Crippen molar-refractivity contribution < 1.29 is 4.74 Å². The van der Waals surface area contributed by atoms with Gasteiger partial charge in [0.1, 0.15) is 6.33 Å². The molecule has 0 aliphatic carbocycles. The van der Waals surface area contributed by atoms with Crippen molar-refractivity contribution in [3.63, 3.8) is 0 Å². The molecule has 9 heteroatoms. The third kappa shape index (κ3) is 2.76. The number of nitrogens with zero attached hydrogens (tertiary/aromatic N) is 6. The van der Waals surface area contributed by atoms with Gasteiger partial charge in [-0.05, 0) is 37.5 Å². The molecule has 0 spiro atoms. The summed E-state index contributed by atoms with van der Waals surface area (Å²) >= 11 is 6.00. The smallest absolute Gasteiger partial charge is 0.283 e. The fourth-order valence-corrected chi connectivity index (χ4v) is 3.78. The average molecular weight is 397 g/mol. The van der Waals surface area contributed by atoms with E-state index in [2.05, 4.69) is 20.3 Å². The highest BCUT2D eigenvalue weighted by atomic mass is 35.5. The van der Waals surface area contributed by atoms with Crippen molar-refractivity contribution in [2.45, 2.75) is 32.4 Å². The topological polar surface area (TPSA) is 87.2 Å². The van der Waals surface area contributed by atoms with Crippen molar-refractivity contribution in [3.8, 4) is 11.1 Å². The van der Waals surface area contributed by atoms with Crippen LogP contribution in [0.1, 0.15) is 18.5 Å². The lowest BCUT2D eigenvalue weighted by molar-refractivity contribution is 0.0960. The largest absolute Gasteiger partial charge is 0.376 e. The monoisotopic (exact) mass is 396 g/mol. The maximum atomic E-state index is 12.9. The first-order valence-corrected chi connectivity index (χ1v) is 9.48. The van der Waals surface area contributed by atoms with E-state index >= 15 is 0 Å². The summed E-state index contributed by atoms with van der Waals surface area (Å²) in [5.74, 6) is 0. The summed E-state index contributed by atoms with van der Waals surface area (Å²) in [5, 5.41) is 13.7. The Kier molecular flexibility index (Phi) is 4.10. The zero-order chi connectivity index (χ0) is 19.3. The SMILES string of the molecule is Cc1nn2c(nnc3c(=O)n(CC4CCCO4)cnc32)c1-c1ccc(Cl)cc1. The molecule has 8 nitrogen and oxygen atoms in total. The first kappa shape index (κ1) is 17.3. The molecule has 1 atom stereocenters. The maximum Gasteiger partial charge on any atom is 0.283 e. The van der Waals surface area contributed by atoms with E-state index in [0.29, 0.717) is 22.9 Å². The van der Waals surface area contributed by atoms with Crippen LogP contribution in [0.3, 0.4) is 0 Å². The Morgan fingerprint density at radius 1 is 1.21 bits per heavy atom. The van der Waals surface area contributed by atoms with E-state index in [-0.39, 0.29) is 17.2 Å². The first-order valence-electron chi connectivity index (χ1n) is 9.10. The molecule has 0 radical (unpaired) electrons. The van der Waals surface area contributed by atoms with Crippen molar-refractivity contribution in [2.75, 3.05) is 6.61 Å².